The highest BCUT2D eigenvalue weighted by molar-refractivity contribution is 7.84. The van der Waals surface area contributed by atoms with Crippen LogP contribution in [0.4, 0.5) is 5.82 Å². The molecular formula is C20H26N4O4S. The van der Waals surface area contributed by atoms with E-state index >= 15 is 0 Å². The quantitative estimate of drug-likeness (QED) is 0.625. The van der Waals surface area contributed by atoms with Gasteiger partial charge in [0.15, 0.2) is 0 Å². The molecule has 4 atom stereocenters. The number of aliphatic hydroxyl groups excluding tert-OH is 1. The molecule has 9 heteroatoms. The van der Waals surface area contributed by atoms with E-state index in [9.17, 15) is 13.5 Å². The molecule has 8 nitrogen and oxygen atoms in total. The number of anilines is 1. The first-order valence-corrected chi connectivity index (χ1v) is 11.3. The molecule has 2 aliphatic rings. The SMILES string of the molecule is NS(=O)(=O)OC[C@@H]1CC(Cc2cc(N[C@H]3CCc4ccccc43)ncn2)C[C@@H]1O. The van der Waals surface area contributed by atoms with Crippen LogP contribution >= 0.6 is 0 Å². The van der Waals surface area contributed by atoms with Gasteiger partial charge in [-0.1, -0.05) is 24.3 Å². The van der Waals surface area contributed by atoms with E-state index in [0.717, 1.165) is 24.4 Å². The number of hydrogen-bond acceptors (Lipinski definition) is 7. The number of aryl methyl sites for hydroxylation is 1. The Kier molecular flexibility index (Phi) is 5.82. The molecule has 0 radical (unpaired) electrons. The Morgan fingerprint density at radius 1 is 1.24 bits per heavy atom. The van der Waals surface area contributed by atoms with Crippen LogP contribution in [0.15, 0.2) is 36.7 Å². The minimum Gasteiger partial charge on any atom is -0.393 e. The summed E-state index contributed by atoms with van der Waals surface area (Å²) in [6, 6.07) is 10.7. The zero-order chi connectivity index (χ0) is 20.4. The van der Waals surface area contributed by atoms with Gasteiger partial charge in [-0.2, -0.15) is 8.42 Å². The van der Waals surface area contributed by atoms with Gasteiger partial charge in [0, 0.05) is 17.7 Å². The van der Waals surface area contributed by atoms with Crippen LogP contribution in [0.5, 0.6) is 0 Å². The molecule has 0 amide bonds. The Balaban J connectivity index is 1.36. The lowest BCUT2D eigenvalue weighted by atomic mass is 10.00. The number of rotatable bonds is 7. The lowest BCUT2D eigenvalue weighted by Gasteiger charge is -2.16. The fourth-order valence-electron chi connectivity index (χ4n) is 4.51. The molecule has 1 saturated carbocycles. The molecule has 1 aromatic heterocycles. The summed E-state index contributed by atoms with van der Waals surface area (Å²) in [6.45, 7) is -0.0891. The molecule has 2 aliphatic carbocycles. The number of nitrogens with zero attached hydrogens (tertiary/aromatic N) is 2. The van der Waals surface area contributed by atoms with Gasteiger partial charge in [0.1, 0.15) is 12.1 Å². The van der Waals surface area contributed by atoms with E-state index in [4.69, 9.17) is 5.14 Å². The lowest BCUT2D eigenvalue weighted by Crippen LogP contribution is -2.24. The van der Waals surface area contributed by atoms with Gasteiger partial charge in [-0.05, 0) is 49.1 Å². The topological polar surface area (TPSA) is 127 Å². The van der Waals surface area contributed by atoms with Crippen molar-refractivity contribution < 1.29 is 17.7 Å². The molecule has 156 valence electrons. The van der Waals surface area contributed by atoms with Crippen molar-refractivity contribution in [3.05, 3.63) is 53.5 Å². The molecule has 29 heavy (non-hydrogen) atoms. The number of aliphatic hydroxyl groups is 1. The van der Waals surface area contributed by atoms with Crippen LogP contribution in [0.2, 0.25) is 0 Å². The maximum atomic E-state index is 11.0. The van der Waals surface area contributed by atoms with Gasteiger partial charge in [-0.25, -0.2) is 15.1 Å². The second-order valence-corrected chi connectivity index (χ2v) is 9.20. The Labute approximate surface area is 170 Å². The summed E-state index contributed by atoms with van der Waals surface area (Å²) in [5, 5.41) is 18.6. The summed E-state index contributed by atoms with van der Waals surface area (Å²) >= 11 is 0. The van der Waals surface area contributed by atoms with Crippen LogP contribution in [0.3, 0.4) is 0 Å². The lowest BCUT2D eigenvalue weighted by molar-refractivity contribution is 0.100. The van der Waals surface area contributed by atoms with Crippen molar-refractivity contribution in [1.29, 1.82) is 0 Å². The largest absolute Gasteiger partial charge is 0.393 e. The number of fused-ring (bicyclic) bond motifs is 1. The molecule has 4 rings (SSSR count). The second kappa shape index (κ2) is 8.35. The van der Waals surface area contributed by atoms with Crippen molar-refractivity contribution in [1.82, 2.24) is 9.97 Å². The predicted octanol–water partition coefficient (Wildman–Crippen LogP) is 1.73. The number of benzene rings is 1. The Morgan fingerprint density at radius 2 is 2.07 bits per heavy atom. The zero-order valence-corrected chi connectivity index (χ0v) is 16.9. The van der Waals surface area contributed by atoms with E-state index in [0.29, 0.717) is 19.3 Å². The highest BCUT2D eigenvalue weighted by Gasteiger charge is 2.34. The molecule has 0 bridgehead atoms. The summed E-state index contributed by atoms with van der Waals surface area (Å²) in [5.74, 6) is 0.756. The average Bonchev–Trinajstić information content (AvgIpc) is 3.23. The summed E-state index contributed by atoms with van der Waals surface area (Å²) in [6.07, 6.45) is 5.01. The van der Waals surface area contributed by atoms with Gasteiger partial charge < -0.3 is 10.4 Å². The van der Waals surface area contributed by atoms with E-state index in [1.54, 1.807) is 6.33 Å². The number of nitrogens with one attached hydrogen (secondary N) is 1. The van der Waals surface area contributed by atoms with Crippen LogP contribution < -0.4 is 10.5 Å². The Morgan fingerprint density at radius 3 is 2.90 bits per heavy atom. The molecular weight excluding hydrogens is 392 g/mol. The van der Waals surface area contributed by atoms with E-state index < -0.39 is 16.4 Å². The minimum absolute atomic E-state index is 0.0891. The van der Waals surface area contributed by atoms with Gasteiger partial charge in [0.2, 0.25) is 0 Å². The number of nitrogens with two attached hydrogens (primary N) is 1. The molecule has 4 N–H and O–H groups in total. The van der Waals surface area contributed by atoms with Crippen LogP contribution in [0.1, 0.15) is 42.1 Å². The van der Waals surface area contributed by atoms with Crippen LogP contribution in [0, 0.1) is 11.8 Å². The summed E-state index contributed by atoms with van der Waals surface area (Å²) in [5.41, 5.74) is 3.61. The molecule has 1 unspecified atom stereocenters. The summed E-state index contributed by atoms with van der Waals surface area (Å²) in [4.78, 5) is 8.74. The van der Waals surface area contributed by atoms with Crippen molar-refractivity contribution in [2.45, 2.75) is 44.2 Å². The normalized spacial score (nSPS) is 26.4. The van der Waals surface area contributed by atoms with Crippen molar-refractivity contribution in [3.63, 3.8) is 0 Å². The third-order valence-electron chi connectivity index (χ3n) is 5.88. The zero-order valence-electron chi connectivity index (χ0n) is 16.1. The molecule has 0 saturated heterocycles. The van der Waals surface area contributed by atoms with Crippen molar-refractivity contribution in [2.24, 2.45) is 17.0 Å². The number of aromatic nitrogens is 2. The van der Waals surface area contributed by atoms with Crippen molar-refractivity contribution in [2.75, 3.05) is 11.9 Å². The minimum atomic E-state index is -3.99. The summed E-state index contributed by atoms with van der Waals surface area (Å²) < 4.78 is 26.6. The van der Waals surface area contributed by atoms with Gasteiger partial charge in [-0.3, -0.25) is 4.18 Å². The van der Waals surface area contributed by atoms with Crippen LogP contribution in [-0.4, -0.2) is 36.2 Å². The molecule has 2 aromatic rings. The third kappa shape index (κ3) is 5.11. The fraction of sp³-hybridized carbons (Fsp3) is 0.500. The van der Waals surface area contributed by atoms with Crippen molar-refractivity contribution >= 4 is 16.1 Å². The molecule has 0 aliphatic heterocycles. The van der Waals surface area contributed by atoms with Crippen LogP contribution in [-0.2, 0) is 27.3 Å². The monoisotopic (exact) mass is 418 g/mol. The highest BCUT2D eigenvalue weighted by Crippen LogP contribution is 2.35. The standard InChI is InChI=1S/C20H26N4O4S/c21-29(26,27)28-11-15-7-13(9-19(15)25)8-16-10-20(23-12-22-16)24-18-6-5-14-3-1-2-4-17(14)18/h1-4,10,12-13,15,18-19,25H,5-9,11H2,(H2,21,26,27)(H,22,23,24)/t13?,15-,18-,19-/m0/s1. The Bertz CT molecular complexity index is 968. The van der Waals surface area contributed by atoms with E-state index in [2.05, 4.69) is 43.7 Å². The molecule has 1 aromatic carbocycles. The van der Waals surface area contributed by atoms with E-state index in [-0.39, 0.29) is 24.5 Å². The Hall–Kier alpha value is -2.07. The second-order valence-electron chi connectivity index (χ2n) is 7.98. The highest BCUT2D eigenvalue weighted by atomic mass is 32.2. The molecule has 0 spiro atoms. The third-order valence-corrected chi connectivity index (χ3v) is 6.34. The molecule has 1 heterocycles. The first-order valence-electron chi connectivity index (χ1n) is 9.88. The first-order chi connectivity index (χ1) is 13.9. The van der Waals surface area contributed by atoms with Crippen molar-refractivity contribution in [3.8, 4) is 0 Å². The summed E-state index contributed by atoms with van der Waals surface area (Å²) in [7, 11) is -3.99. The van der Waals surface area contributed by atoms with Crippen LogP contribution in [0.25, 0.3) is 0 Å². The maximum absolute atomic E-state index is 11.0. The number of hydrogen-bond donors (Lipinski definition) is 3. The first kappa shape index (κ1) is 20.2. The van der Waals surface area contributed by atoms with Gasteiger partial charge in [0.05, 0.1) is 18.8 Å². The predicted molar refractivity (Wildman–Crippen MR) is 108 cm³/mol. The smallest absolute Gasteiger partial charge is 0.333 e. The van der Waals surface area contributed by atoms with E-state index in [1.165, 1.54) is 11.1 Å². The van der Waals surface area contributed by atoms with Gasteiger partial charge in [-0.15, -0.1) is 0 Å². The average molecular weight is 419 g/mol. The maximum Gasteiger partial charge on any atom is 0.333 e. The van der Waals surface area contributed by atoms with Gasteiger partial charge in [0.25, 0.3) is 0 Å². The van der Waals surface area contributed by atoms with Gasteiger partial charge >= 0.3 is 10.3 Å². The van der Waals surface area contributed by atoms with E-state index in [1.807, 2.05) is 6.07 Å². The fourth-order valence-corrected chi connectivity index (χ4v) is 4.88. The molecule has 1 fully saturated rings.